The maximum Gasteiger partial charge on any atom is 0.192 e. The maximum absolute atomic E-state index is 6.37. The molecule has 0 aromatic rings. The highest BCUT2D eigenvalue weighted by atomic mass is 28.4. The molecule has 25 heavy (non-hydrogen) atoms. The maximum atomic E-state index is 6.37. The lowest BCUT2D eigenvalue weighted by atomic mass is 10.2. The largest absolute Gasteiger partial charge is 0.416 e. The predicted octanol–water partition coefficient (Wildman–Crippen LogP) is 6.13. The summed E-state index contributed by atoms with van der Waals surface area (Å²) in [5.74, 6) is 0. The van der Waals surface area contributed by atoms with Gasteiger partial charge in [0.25, 0.3) is 0 Å². The molecule has 0 unspecified atom stereocenters. The van der Waals surface area contributed by atoms with Crippen molar-refractivity contribution in [3.8, 4) is 0 Å². The predicted molar refractivity (Wildman–Crippen MR) is 118 cm³/mol. The summed E-state index contributed by atoms with van der Waals surface area (Å²) >= 11 is 0. The molecule has 0 aromatic carbocycles. The van der Waals surface area contributed by atoms with Crippen LogP contribution < -0.4 is 0 Å². The highest BCUT2D eigenvalue weighted by Crippen LogP contribution is 2.37. The van der Waals surface area contributed by atoms with Gasteiger partial charge < -0.3 is 8.85 Å². The summed E-state index contributed by atoms with van der Waals surface area (Å²) in [6.07, 6.45) is 2.49. The molecule has 0 aliphatic heterocycles. The minimum Gasteiger partial charge on any atom is -0.416 e. The summed E-state index contributed by atoms with van der Waals surface area (Å²) < 4.78 is 12.7. The fourth-order valence-electron chi connectivity index (χ4n) is 2.01. The molecule has 5 heteroatoms. The van der Waals surface area contributed by atoms with Crippen molar-refractivity contribution in [2.45, 2.75) is 97.6 Å². The van der Waals surface area contributed by atoms with Crippen molar-refractivity contribution in [2.75, 3.05) is 32.8 Å². The quantitative estimate of drug-likeness (QED) is 0.397. The highest BCUT2D eigenvalue weighted by molar-refractivity contribution is 6.74. The number of rotatable bonds is 11. The first-order valence-electron chi connectivity index (χ1n) is 10.1. The molecule has 0 N–H and O–H groups in total. The van der Waals surface area contributed by atoms with Crippen LogP contribution in [0.2, 0.25) is 36.3 Å². The van der Waals surface area contributed by atoms with Gasteiger partial charge in [0.15, 0.2) is 16.6 Å². The summed E-state index contributed by atoms with van der Waals surface area (Å²) in [5, 5.41) is 0.569. The van der Waals surface area contributed by atoms with Gasteiger partial charge in [-0.1, -0.05) is 54.9 Å². The van der Waals surface area contributed by atoms with Gasteiger partial charge >= 0.3 is 0 Å². The van der Waals surface area contributed by atoms with Crippen LogP contribution in [0.15, 0.2) is 0 Å². The summed E-state index contributed by atoms with van der Waals surface area (Å²) in [5.41, 5.74) is 0. The molecule has 152 valence electrons. The molecule has 0 aromatic heterocycles. The van der Waals surface area contributed by atoms with E-state index in [4.69, 9.17) is 8.85 Å². The van der Waals surface area contributed by atoms with Crippen molar-refractivity contribution in [2.24, 2.45) is 0 Å². The van der Waals surface area contributed by atoms with Gasteiger partial charge in [-0.25, -0.2) is 0 Å². The van der Waals surface area contributed by atoms with Crippen LogP contribution in [-0.2, 0) is 8.85 Å². The molecule has 0 saturated carbocycles. The normalized spacial score (nSPS) is 14.4. The number of hydrogen-bond donors (Lipinski definition) is 0. The first kappa shape index (κ1) is 25.3. The van der Waals surface area contributed by atoms with Crippen LogP contribution in [0.1, 0.15) is 61.3 Å². The first-order valence-corrected chi connectivity index (χ1v) is 16.0. The Kier molecular flexibility index (Phi) is 10.1. The lowest BCUT2D eigenvalue weighted by Gasteiger charge is -2.38. The van der Waals surface area contributed by atoms with Crippen LogP contribution in [0, 0.1) is 0 Å². The Morgan fingerprint density at radius 3 is 1.32 bits per heavy atom. The molecule has 0 bridgehead atoms. The van der Waals surface area contributed by atoms with E-state index in [0.717, 1.165) is 32.8 Å². The van der Waals surface area contributed by atoms with E-state index in [1.165, 1.54) is 12.8 Å². The van der Waals surface area contributed by atoms with Crippen LogP contribution in [0.3, 0.4) is 0 Å². The highest BCUT2D eigenvalue weighted by Gasteiger charge is 2.38. The number of unbranched alkanes of at least 4 members (excludes halogenated alkanes) is 1. The molecule has 0 amide bonds. The molecule has 0 radical (unpaired) electrons. The van der Waals surface area contributed by atoms with Crippen LogP contribution in [0.4, 0.5) is 0 Å². The molecule has 0 saturated heterocycles. The molecule has 0 fully saturated rings. The van der Waals surface area contributed by atoms with Gasteiger partial charge in [0.05, 0.1) is 0 Å². The third-order valence-electron chi connectivity index (χ3n) is 6.18. The van der Waals surface area contributed by atoms with E-state index in [0.29, 0.717) is 0 Å². The van der Waals surface area contributed by atoms with E-state index >= 15 is 0 Å². The average Bonchev–Trinajstić information content (AvgIpc) is 2.41. The molecule has 0 aliphatic rings. The second kappa shape index (κ2) is 10.0. The van der Waals surface area contributed by atoms with E-state index < -0.39 is 16.6 Å². The molecule has 0 spiro atoms. The lowest BCUT2D eigenvalue weighted by Crippen LogP contribution is -2.44. The van der Waals surface area contributed by atoms with E-state index in [9.17, 15) is 0 Å². The topological polar surface area (TPSA) is 21.7 Å². The Morgan fingerprint density at radius 2 is 1.04 bits per heavy atom. The van der Waals surface area contributed by atoms with Crippen molar-refractivity contribution in [3.63, 3.8) is 0 Å². The molecule has 0 rings (SSSR count). The van der Waals surface area contributed by atoms with Crippen molar-refractivity contribution in [1.82, 2.24) is 4.90 Å². The van der Waals surface area contributed by atoms with E-state index in [-0.39, 0.29) is 10.1 Å². The molecular formula is C20H47NO2Si2. The SMILES string of the molecule is CCCCN(CCO[Si](C)(C)C(C)(C)C)CCO[Si](C)(C)C(C)(C)C. The number of hydrogen-bond acceptors (Lipinski definition) is 3. The Hall–Kier alpha value is 0.314. The van der Waals surface area contributed by atoms with Crippen molar-refractivity contribution in [1.29, 1.82) is 0 Å². The fourth-order valence-corrected chi connectivity index (χ4v) is 4.08. The summed E-state index contributed by atoms with van der Waals surface area (Å²) in [6.45, 7) is 30.3. The Morgan fingerprint density at radius 1 is 0.680 bits per heavy atom. The van der Waals surface area contributed by atoms with Gasteiger partial charge in [0.2, 0.25) is 0 Å². The second-order valence-electron chi connectivity index (χ2n) is 10.4. The molecular weight excluding hydrogens is 342 g/mol. The van der Waals surface area contributed by atoms with Gasteiger partial charge in [-0.2, -0.15) is 0 Å². The van der Waals surface area contributed by atoms with E-state index in [1.54, 1.807) is 0 Å². The minimum atomic E-state index is -1.64. The van der Waals surface area contributed by atoms with Gasteiger partial charge in [-0.15, -0.1) is 0 Å². The number of nitrogens with zero attached hydrogens (tertiary/aromatic N) is 1. The van der Waals surface area contributed by atoms with E-state index in [1.807, 2.05) is 0 Å². The van der Waals surface area contributed by atoms with Crippen molar-refractivity contribution in [3.05, 3.63) is 0 Å². The Bertz CT molecular complexity index is 339. The van der Waals surface area contributed by atoms with Crippen molar-refractivity contribution >= 4 is 16.6 Å². The monoisotopic (exact) mass is 389 g/mol. The van der Waals surface area contributed by atoms with Gasteiger partial charge in [0.1, 0.15) is 0 Å². The summed E-state index contributed by atoms with van der Waals surface area (Å²) in [6, 6.07) is 0. The molecule has 0 heterocycles. The smallest absolute Gasteiger partial charge is 0.192 e. The average molecular weight is 390 g/mol. The third-order valence-corrected chi connectivity index (χ3v) is 15.3. The Balaban J connectivity index is 4.47. The van der Waals surface area contributed by atoms with Gasteiger partial charge in [-0.3, -0.25) is 4.90 Å². The first-order chi connectivity index (χ1) is 11.1. The van der Waals surface area contributed by atoms with Gasteiger partial charge in [-0.05, 0) is 49.2 Å². The summed E-state index contributed by atoms with van der Waals surface area (Å²) in [4.78, 5) is 2.53. The Labute approximate surface area is 161 Å². The zero-order valence-electron chi connectivity index (χ0n) is 19.2. The van der Waals surface area contributed by atoms with Crippen LogP contribution >= 0.6 is 0 Å². The zero-order valence-corrected chi connectivity index (χ0v) is 21.2. The van der Waals surface area contributed by atoms with Crippen LogP contribution in [0.25, 0.3) is 0 Å². The van der Waals surface area contributed by atoms with Crippen LogP contribution in [0.5, 0.6) is 0 Å². The second-order valence-corrected chi connectivity index (χ2v) is 20.0. The minimum absolute atomic E-state index is 0.284. The molecule has 3 nitrogen and oxygen atoms in total. The van der Waals surface area contributed by atoms with Crippen LogP contribution in [-0.4, -0.2) is 54.4 Å². The summed E-state index contributed by atoms with van der Waals surface area (Å²) in [7, 11) is -3.28. The zero-order chi connectivity index (χ0) is 19.9. The molecule has 0 aliphatic carbocycles. The van der Waals surface area contributed by atoms with Gasteiger partial charge in [0, 0.05) is 26.3 Å². The lowest BCUT2D eigenvalue weighted by molar-refractivity contribution is 0.163. The fraction of sp³-hybridized carbons (Fsp3) is 1.00. The van der Waals surface area contributed by atoms with E-state index in [2.05, 4.69) is 79.6 Å². The van der Waals surface area contributed by atoms with Crippen molar-refractivity contribution < 1.29 is 8.85 Å². The standard InChI is InChI=1S/C20H47NO2Si2/c1-12-13-14-21(15-17-22-24(8,9)19(2,3)4)16-18-23-25(10,11)20(5,6)7/h12-18H2,1-11H3. The third kappa shape index (κ3) is 9.18. The molecule has 0 atom stereocenters.